The molecule has 346 valence electrons. The van der Waals surface area contributed by atoms with Crippen LogP contribution in [0.15, 0.2) is 54.6 Å². The number of nitrogens with one attached hydrogen (secondary N) is 2. The predicted molar refractivity (Wildman–Crippen MR) is 243 cm³/mol. The number of likely N-dealkylation sites (tertiary alicyclic amines) is 1. The Hall–Kier alpha value is -4.53. The van der Waals surface area contributed by atoms with Gasteiger partial charge in [0.05, 0.1) is 49.8 Å². The summed E-state index contributed by atoms with van der Waals surface area (Å²) in [5.74, 6) is -2.59. The molecule has 1 unspecified atom stereocenters. The molecule has 0 aromatic heterocycles. The summed E-state index contributed by atoms with van der Waals surface area (Å²) in [4.78, 5) is 74.9. The van der Waals surface area contributed by atoms with E-state index in [1.165, 1.54) is 14.2 Å². The Morgan fingerprint density at radius 1 is 0.839 bits per heavy atom. The fourth-order valence-electron chi connectivity index (χ4n) is 8.91. The molecular weight excluding hydrogens is 789 g/mol. The van der Waals surface area contributed by atoms with E-state index >= 15 is 0 Å². The van der Waals surface area contributed by atoms with Crippen molar-refractivity contribution < 1.29 is 38.2 Å². The number of nitrogens with two attached hydrogens (primary N) is 1. The number of nitrogens with zero attached hydrogens (tertiary/aromatic N) is 3. The Morgan fingerprint density at radius 2 is 1.48 bits per heavy atom. The number of hydrogen-bond donors (Lipinski definition) is 3. The number of carbonyl (C=O) groups excluding carboxylic acids is 5. The first kappa shape index (κ1) is 51.8. The Morgan fingerprint density at radius 3 is 2.03 bits per heavy atom. The van der Waals surface area contributed by atoms with Crippen LogP contribution in [-0.4, -0.2) is 135 Å². The average molecular weight is 865 g/mol. The van der Waals surface area contributed by atoms with Crippen molar-refractivity contribution in [2.75, 3.05) is 54.2 Å². The summed E-state index contributed by atoms with van der Waals surface area (Å²) < 4.78 is 17.1. The molecule has 0 radical (unpaired) electrons. The zero-order valence-electron chi connectivity index (χ0n) is 39.4. The van der Waals surface area contributed by atoms with Crippen molar-refractivity contribution in [1.29, 1.82) is 0 Å². The molecule has 1 saturated heterocycles. The Labute approximate surface area is 370 Å². The van der Waals surface area contributed by atoms with E-state index in [9.17, 15) is 24.0 Å². The number of benzene rings is 2. The van der Waals surface area contributed by atoms with Gasteiger partial charge in [-0.1, -0.05) is 97.4 Å². The Kier molecular flexibility index (Phi) is 20.8. The minimum atomic E-state index is -0.900. The minimum Gasteiger partial charge on any atom is -0.467 e. The molecule has 14 nitrogen and oxygen atoms in total. The Balaban J connectivity index is 1.77. The zero-order valence-corrected chi connectivity index (χ0v) is 39.4. The number of ether oxygens (including phenoxy) is 3. The van der Waals surface area contributed by atoms with E-state index in [2.05, 4.69) is 10.6 Å². The van der Waals surface area contributed by atoms with Gasteiger partial charge in [-0.2, -0.15) is 0 Å². The quantitative estimate of drug-likeness (QED) is 0.0990. The molecule has 3 rings (SSSR count). The molecule has 0 spiro atoms. The third-order valence-electron chi connectivity index (χ3n) is 12.7. The van der Waals surface area contributed by atoms with E-state index in [4.69, 9.17) is 19.9 Å². The van der Waals surface area contributed by atoms with Crippen LogP contribution in [-0.2, 0) is 51.0 Å². The third-order valence-corrected chi connectivity index (χ3v) is 12.7. The highest BCUT2D eigenvalue weighted by atomic mass is 16.5. The van der Waals surface area contributed by atoms with E-state index in [0.717, 1.165) is 24.0 Å². The number of rotatable bonds is 24. The molecule has 2 aromatic rings. The van der Waals surface area contributed by atoms with Gasteiger partial charge in [-0.3, -0.25) is 24.1 Å². The fraction of sp³-hybridized carbons (Fsp3) is 0.646. The number of hydrogen-bond acceptors (Lipinski definition) is 10. The van der Waals surface area contributed by atoms with Crippen LogP contribution in [0.3, 0.4) is 0 Å². The van der Waals surface area contributed by atoms with Crippen LogP contribution >= 0.6 is 0 Å². The summed E-state index contributed by atoms with van der Waals surface area (Å²) >= 11 is 0. The van der Waals surface area contributed by atoms with E-state index in [1.807, 2.05) is 108 Å². The first-order chi connectivity index (χ1) is 29.4. The molecule has 1 aliphatic heterocycles. The van der Waals surface area contributed by atoms with Crippen LogP contribution < -0.4 is 16.4 Å². The van der Waals surface area contributed by atoms with E-state index in [1.54, 1.807) is 30.9 Å². The summed E-state index contributed by atoms with van der Waals surface area (Å²) in [5.41, 5.74) is 8.56. The van der Waals surface area contributed by atoms with Crippen molar-refractivity contribution in [2.45, 2.75) is 129 Å². The minimum absolute atomic E-state index is 0.00887. The Bertz CT molecular complexity index is 1730. The van der Waals surface area contributed by atoms with Crippen molar-refractivity contribution in [3.8, 4) is 0 Å². The normalized spacial score (nSPS) is 18.0. The van der Waals surface area contributed by atoms with Gasteiger partial charge in [0.25, 0.3) is 0 Å². The van der Waals surface area contributed by atoms with Crippen molar-refractivity contribution in [3.05, 3.63) is 65.7 Å². The summed E-state index contributed by atoms with van der Waals surface area (Å²) in [6.07, 6.45) is 1.72. The molecule has 9 atom stereocenters. The smallest absolute Gasteiger partial charge is 0.328 e. The monoisotopic (exact) mass is 865 g/mol. The summed E-state index contributed by atoms with van der Waals surface area (Å²) in [5, 5.41) is 5.99. The van der Waals surface area contributed by atoms with Crippen LogP contribution in [0.2, 0.25) is 0 Å². The van der Waals surface area contributed by atoms with Crippen LogP contribution in [0.4, 0.5) is 5.69 Å². The molecule has 1 fully saturated rings. The van der Waals surface area contributed by atoms with Crippen LogP contribution in [0.25, 0.3) is 0 Å². The number of esters is 1. The SMILES string of the molecule is CC[C@H](C)[C@@H]([C@@H](CC(=O)N1CCC[C@H]1[C@H](OC)[C@@H](C)C(=O)N[C@@H](Cc1ccccc1)C(=O)OC)OC)N(C)C(=O)C(NC(=O)[C@H](C(C)C)N(C)CCc1ccc(N)cc1)C(C)C. The molecule has 0 saturated carbocycles. The largest absolute Gasteiger partial charge is 0.467 e. The van der Waals surface area contributed by atoms with Gasteiger partial charge in [0.15, 0.2) is 0 Å². The van der Waals surface area contributed by atoms with E-state index in [-0.39, 0.29) is 54.2 Å². The summed E-state index contributed by atoms with van der Waals surface area (Å²) in [7, 11) is 8.04. The second-order valence-electron chi connectivity index (χ2n) is 17.8. The fourth-order valence-corrected chi connectivity index (χ4v) is 8.91. The van der Waals surface area contributed by atoms with Gasteiger partial charge in [-0.15, -0.1) is 0 Å². The molecule has 1 heterocycles. The third kappa shape index (κ3) is 14.0. The number of carbonyl (C=O) groups is 5. The van der Waals surface area contributed by atoms with Crippen molar-refractivity contribution in [2.24, 2.45) is 23.7 Å². The number of anilines is 1. The standard InChI is InChI=1S/C48H76N6O8/c1-13-32(6)43(53(9)47(58)41(30(2)3)51-46(57)42(31(4)5)52(8)27-25-34-21-23-36(49)24-22-34)39(60-10)29-40(55)54-26-17-20-38(54)44(61-11)33(7)45(56)50-37(48(59)62-12)28-35-18-15-14-16-19-35/h14-16,18-19,21-24,30-33,37-39,41-44H,13,17,20,25-29,49H2,1-12H3,(H,50,56)(H,51,57)/t32-,33+,37-,38-,39+,41?,42-,43-,44+/m0/s1. The van der Waals surface area contributed by atoms with Crippen LogP contribution in [0.5, 0.6) is 0 Å². The maximum atomic E-state index is 14.6. The van der Waals surface area contributed by atoms with Gasteiger partial charge in [0, 0.05) is 46.5 Å². The second-order valence-corrected chi connectivity index (χ2v) is 17.8. The number of methoxy groups -OCH3 is 3. The lowest BCUT2D eigenvalue weighted by Gasteiger charge is -2.41. The highest BCUT2D eigenvalue weighted by Gasteiger charge is 2.43. The van der Waals surface area contributed by atoms with Crippen molar-refractivity contribution in [3.63, 3.8) is 0 Å². The van der Waals surface area contributed by atoms with E-state index < -0.39 is 54.3 Å². The van der Waals surface area contributed by atoms with E-state index in [0.29, 0.717) is 31.6 Å². The average Bonchev–Trinajstić information content (AvgIpc) is 3.74. The molecule has 62 heavy (non-hydrogen) atoms. The van der Waals surface area contributed by atoms with Gasteiger partial charge in [-0.25, -0.2) is 4.79 Å². The molecule has 0 bridgehead atoms. The van der Waals surface area contributed by atoms with Gasteiger partial charge in [0.1, 0.15) is 12.1 Å². The van der Waals surface area contributed by atoms with Gasteiger partial charge >= 0.3 is 5.97 Å². The number of likely N-dealkylation sites (N-methyl/N-ethyl adjacent to an activating group) is 2. The lowest BCUT2D eigenvalue weighted by Crippen LogP contribution is -2.60. The molecule has 1 aliphatic rings. The predicted octanol–water partition coefficient (Wildman–Crippen LogP) is 4.73. The molecule has 4 N–H and O–H groups in total. The summed E-state index contributed by atoms with van der Waals surface area (Å²) in [6.45, 7) is 14.8. The van der Waals surface area contributed by atoms with Gasteiger partial charge in [0.2, 0.25) is 23.6 Å². The maximum absolute atomic E-state index is 14.6. The molecule has 4 amide bonds. The molecular formula is C48H76N6O8. The lowest BCUT2D eigenvalue weighted by atomic mass is 9.89. The zero-order chi connectivity index (χ0) is 46.3. The number of amides is 4. The number of nitrogen functional groups attached to an aromatic ring is 1. The topological polar surface area (TPSA) is 173 Å². The molecule has 14 heteroatoms. The van der Waals surface area contributed by atoms with Crippen LogP contribution in [0.1, 0.15) is 85.3 Å². The van der Waals surface area contributed by atoms with Crippen molar-refractivity contribution >= 4 is 35.3 Å². The second kappa shape index (κ2) is 24.9. The van der Waals surface area contributed by atoms with Crippen LogP contribution in [0, 0.1) is 23.7 Å². The first-order valence-electron chi connectivity index (χ1n) is 22.3. The summed E-state index contributed by atoms with van der Waals surface area (Å²) in [6, 6.07) is 14.0. The maximum Gasteiger partial charge on any atom is 0.328 e. The highest BCUT2D eigenvalue weighted by molar-refractivity contribution is 5.90. The van der Waals surface area contributed by atoms with Gasteiger partial charge in [-0.05, 0) is 67.3 Å². The van der Waals surface area contributed by atoms with Gasteiger partial charge < -0.3 is 40.4 Å². The highest BCUT2D eigenvalue weighted by Crippen LogP contribution is 2.30. The van der Waals surface area contributed by atoms with Crippen molar-refractivity contribution in [1.82, 2.24) is 25.3 Å². The first-order valence-corrected chi connectivity index (χ1v) is 22.3. The molecule has 2 aromatic carbocycles. The molecule has 0 aliphatic carbocycles. The lowest BCUT2D eigenvalue weighted by molar-refractivity contribution is -0.149.